The van der Waals surface area contributed by atoms with Crippen molar-refractivity contribution in [3.63, 3.8) is 0 Å². The predicted octanol–water partition coefficient (Wildman–Crippen LogP) is 4.94. The molecule has 2 fully saturated rings. The van der Waals surface area contributed by atoms with Crippen molar-refractivity contribution in [2.45, 2.75) is 57.0 Å². The summed E-state index contributed by atoms with van der Waals surface area (Å²) < 4.78 is 5.93. The van der Waals surface area contributed by atoms with Crippen LogP contribution in [0.3, 0.4) is 0 Å². The zero-order valence-corrected chi connectivity index (χ0v) is 19.6. The fourth-order valence-electron chi connectivity index (χ4n) is 7.09. The molecular formula is C28H37NO3. The van der Waals surface area contributed by atoms with E-state index in [9.17, 15) is 10.2 Å². The summed E-state index contributed by atoms with van der Waals surface area (Å²) in [6.45, 7) is 3.92. The van der Waals surface area contributed by atoms with E-state index in [2.05, 4.69) is 56.3 Å². The van der Waals surface area contributed by atoms with Crippen LogP contribution in [0.4, 0.5) is 0 Å². The number of rotatable bonds is 5. The molecule has 0 unspecified atom stereocenters. The number of aromatic hydroxyl groups is 1. The van der Waals surface area contributed by atoms with Crippen LogP contribution in [0.1, 0.15) is 61.1 Å². The highest BCUT2D eigenvalue weighted by atomic mass is 16.5. The zero-order valence-electron chi connectivity index (χ0n) is 19.6. The van der Waals surface area contributed by atoms with Gasteiger partial charge in [-0.05, 0) is 116 Å². The molecule has 0 spiro atoms. The quantitative estimate of drug-likeness (QED) is 0.698. The first-order valence-electron chi connectivity index (χ1n) is 12.2. The highest BCUT2D eigenvalue weighted by Crippen LogP contribution is 2.63. The van der Waals surface area contributed by atoms with Gasteiger partial charge in [0.2, 0.25) is 0 Å². The Kier molecular flexibility index (Phi) is 5.71. The maximum Gasteiger partial charge on any atom is 0.119 e. The number of nitrogens with zero attached hydrogens (tertiary/aromatic N) is 1. The number of aliphatic hydroxyl groups is 1. The van der Waals surface area contributed by atoms with Crippen molar-refractivity contribution in [1.82, 2.24) is 4.90 Å². The molecule has 2 aromatic carbocycles. The van der Waals surface area contributed by atoms with E-state index in [0.29, 0.717) is 36.0 Å². The Hall–Kier alpha value is -2.04. The van der Waals surface area contributed by atoms with E-state index in [0.717, 1.165) is 44.4 Å². The number of hydrogen-bond donors (Lipinski definition) is 2. The average Bonchev–Trinajstić information content (AvgIpc) is 3.07. The van der Waals surface area contributed by atoms with Crippen molar-refractivity contribution in [3.8, 4) is 11.5 Å². The Morgan fingerprint density at radius 3 is 2.56 bits per heavy atom. The Balaban J connectivity index is 1.47. The van der Waals surface area contributed by atoms with Gasteiger partial charge in [-0.3, -0.25) is 0 Å². The van der Waals surface area contributed by atoms with Gasteiger partial charge in [-0.2, -0.15) is 0 Å². The molecule has 2 aromatic rings. The zero-order chi connectivity index (χ0) is 22.5. The van der Waals surface area contributed by atoms with E-state index in [1.807, 2.05) is 12.1 Å². The van der Waals surface area contributed by atoms with E-state index < -0.39 is 0 Å². The third kappa shape index (κ3) is 3.72. The largest absolute Gasteiger partial charge is 0.508 e. The maximum atomic E-state index is 10.9. The van der Waals surface area contributed by atoms with Crippen LogP contribution in [0.25, 0.3) is 0 Å². The number of likely N-dealkylation sites (N-methyl/N-ethyl adjacent to an activating group) is 1. The van der Waals surface area contributed by atoms with E-state index in [1.54, 1.807) is 0 Å². The van der Waals surface area contributed by atoms with Gasteiger partial charge in [0.25, 0.3) is 0 Å². The van der Waals surface area contributed by atoms with Gasteiger partial charge in [-0.1, -0.05) is 25.1 Å². The van der Waals surface area contributed by atoms with E-state index in [1.165, 1.54) is 16.7 Å². The fraction of sp³-hybridized carbons (Fsp3) is 0.571. The molecule has 172 valence electrons. The molecule has 0 bridgehead atoms. The molecule has 3 aliphatic carbocycles. The normalized spacial score (nSPS) is 33.5. The van der Waals surface area contributed by atoms with Crippen LogP contribution < -0.4 is 4.74 Å². The van der Waals surface area contributed by atoms with Crippen LogP contribution in [0, 0.1) is 17.3 Å². The third-order valence-electron chi connectivity index (χ3n) is 8.83. The lowest BCUT2D eigenvalue weighted by Gasteiger charge is -2.53. The minimum Gasteiger partial charge on any atom is -0.508 e. The molecule has 32 heavy (non-hydrogen) atoms. The molecule has 5 rings (SSSR count). The summed E-state index contributed by atoms with van der Waals surface area (Å²) in [6, 6.07) is 14.7. The van der Waals surface area contributed by atoms with Crippen molar-refractivity contribution in [2.24, 2.45) is 17.3 Å². The molecule has 0 heterocycles. The van der Waals surface area contributed by atoms with Crippen molar-refractivity contribution in [2.75, 3.05) is 27.2 Å². The predicted molar refractivity (Wildman–Crippen MR) is 127 cm³/mol. The number of hydrogen-bond acceptors (Lipinski definition) is 4. The van der Waals surface area contributed by atoms with Crippen LogP contribution in [0.15, 0.2) is 42.5 Å². The lowest BCUT2D eigenvalue weighted by atomic mass is 9.51. The molecule has 4 nitrogen and oxygen atoms in total. The first kappa shape index (κ1) is 21.8. The third-order valence-corrected chi connectivity index (χ3v) is 8.83. The molecule has 3 aliphatic rings. The van der Waals surface area contributed by atoms with Gasteiger partial charge in [-0.15, -0.1) is 0 Å². The number of benzene rings is 2. The van der Waals surface area contributed by atoms with Crippen LogP contribution in [-0.4, -0.2) is 48.5 Å². The average molecular weight is 436 g/mol. The van der Waals surface area contributed by atoms with Gasteiger partial charge in [0.1, 0.15) is 18.1 Å². The number of fused-ring (bicyclic) bond motifs is 5. The molecule has 4 heteroatoms. The maximum absolute atomic E-state index is 10.9. The van der Waals surface area contributed by atoms with E-state index in [4.69, 9.17) is 4.74 Å². The standard InChI is InChI=1S/C28H37NO3/c1-28-13-12-23-22-9-6-20(30)16-19(22)17-24(27(23)25(28)10-11-26(28)31)18-4-7-21(8-5-18)32-15-14-29(2)3/h4-9,16,23-27,30-31H,10-15,17H2,1-3H3/t23-,24+,25+,26+,27+,28+/m1/s1. The summed E-state index contributed by atoms with van der Waals surface area (Å²) in [5.74, 6) is 3.26. The minimum absolute atomic E-state index is 0.0308. The van der Waals surface area contributed by atoms with Gasteiger partial charge >= 0.3 is 0 Å². The first-order valence-corrected chi connectivity index (χ1v) is 12.2. The Morgan fingerprint density at radius 1 is 1.03 bits per heavy atom. The second kappa shape index (κ2) is 8.39. The van der Waals surface area contributed by atoms with Crippen LogP contribution in [0.2, 0.25) is 0 Å². The van der Waals surface area contributed by atoms with Gasteiger partial charge < -0.3 is 19.8 Å². The van der Waals surface area contributed by atoms with Crippen LogP contribution in [0.5, 0.6) is 11.5 Å². The molecular weight excluding hydrogens is 398 g/mol. The Labute approximate surface area is 192 Å². The van der Waals surface area contributed by atoms with Crippen molar-refractivity contribution >= 4 is 0 Å². The molecule has 0 aliphatic heterocycles. The topological polar surface area (TPSA) is 52.9 Å². The summed E-state index contributed by atoms with van der Waals surface area (Å²) in [4.78, 5) is 2.12. The highest BCUT2D eigenvalue weighted by molar-refractivity contribution is 5.44. The van der Waals surface area contributed by atoms with Gasteiger partial charge in [0.15, 0.2) is 0 Å². The lowest BCUT2D eigenvalue weighted by Crippen LogP contribution is -2.46. The minimum atomic E-state index is -0.178. The fourth-order valence-corrected chi connectivity index (χ4v) is 7.09. The summed E-state index contributed by atoms with van der Waals surface area (Å²) in [5, 5.41) is 21.0. The SMILES string of the molecule is CN(C)CCOc1ccc([C@@H]2Cc3cc(O)ccc3[C@H]3CC[C@]4(C)[C@@H](O)CC[C@H]4[C@@H]32)cc1. The number of phenols is 1. The summed E-state index contributed by atoms with van der Waals surface area (Å²) in [5.41, 5.74) is 4.11. The Morgan fingerprint density at radius 2 is 1.81 bits per heavy atom. The van der Waals surface area contributed by atoms with E-state index in [-0.39, 0.29) is 11.5 Å². The smallest absolute Gasteiger partial charge is 0.119 e. The van der Waals surface area contributed by atoms with Crippen molar-refractivity contribution in [1.29, 1.82) is 0 Å². The molecule has 0 amide bonds. The van der Waals surface area contributed by atoms with E-state index >= 15 is 0 Å². The second-order valence-corrected chi connectivity index (χ2v) is 10.8. The summed E-state index contributed by atoms with van der Waals surface area (Å²) in [6.07, 6.45) is 5.03. The van der Waals surface area contributed by atoms with Gasteiger partial charge in [0, 0.05) is 6.54 Å². The molecule has 2 N–H and O–H groups in total. The summed E-state index contributed by atoms with van der Waals surface area (Å²) in [7, 11) is 4.11. The molecule has 0 aromatic heterocycles. The van der Waals surface area contributed by atoms with Gasteiger partial charge in [-0.25, -0.2) is 0 Å². The van der Waals surface area contributed by atoms with Crippen molar-refractivity contribution < 1.29 is 14.9 Å². The van der Waals surface area contributed by atoms with Crippen LogP contribution in [-0.2, 0) is 6.42 Å². The number of phenolic OH excluding ortho intramolecular Hbond substituents is 1. The second-order valence-electron chi connectivity index (χ2n) is 10.8. The monoisotopic (exact) mass is 435 g/mol. The molecule has 0 saturated heterocycles. The number of ether oxygens (including phenoxy) is 1. The van der Waals surface area contributed by atoms with Crippen LogP contribution >= 0.6 is 0 Å². The highest BCUT2D eigenvalue weighted by Gasteiger charge is 2.56. The molecule has 6 atom stereocenters. The van der Waals surface area contributed by atoms with Crippen molar-refractivity contribution in [3.05, 3.63) is 59.2 Å². The number of aliphatic hydroxyl groups excluding tert-OH is 1. The summed E-state index contributed by atoms with van der Waals surface area (Å²) >= 11 is 0. The Bertz CT molecular complexity index is 956. The lowest BCUT2D eigenvalue weighted by molar-refractivity contribution is -0.0282. The molecule has 2 saturated carbocycles. The molecule has 0 radical (unpaired) electrons. The van der Waals surface area contributed by atoms with Gasteiger partial charge in [0.05, 0.1) is 6.10 Å². The first-order chi connectivity index (χ1) is 15.4.